The molecule has 4 nitrogen and oxygen atoms in total. The van der Waals surface area contributed by atoms with Gasteiger partial charge in [0.25, 0.3) is 0 Å². The minimum absolute atomic E-state index is 0.160. The number of nitrogens with two attached hydrogens (primary N) is 1. The minimum Gasteiger partial charge on any atom is -0.330 e. The first-order valence-electron chi connectivity index (χ1n) is 8.73. The van der Waals surface area contributed by atoms with E-state index in [-0.39, 0.29) is 5.92 Å². The van der Waals surface area contributed by atoms with E-state index >= 15 is 0 Å². The lowest BCUT2D eigenvalue weighted by Gasteiger charge is -2.17. The van der Waals surface area contributed by atoms with Crippen LogP contribution in [0.15, 0.2) is 65.9 Å². The second kappa shape index (κ2) is 8.37. The van der Waals surface area contributed by atoms with E-state index in [2.05, 4.69) is 59.4 Å². The van der Waals surface area contributed by atoms with Gasteiger partial charge in [-0.25, -0.2) is 0 Å². The lowest BCUT2D eigenvalue weighted by atomic mass is 9.90. The van der Waals surface area contributed by atoms with Crippen molar-refractivity contribution in [1.82, 2.24) is 4.98 Å². The first kappa shape index (κ1) is 17.8. The van der Waals surface area contributed by atoms with Crippen LogP contribution in [0.2, 0.25) is 0 Å². The third-order valence-electron chi connectivity index (χ3n) is 4.64. The molecule has 0 spiro atoms. The Kier molecular flexibility index (Phi) is 5.73. The Morgan fingerprint density at radius 3 is 2.69 bits per heavy atom. The maximum absolute atomic E-state index is 9.10. The number of aryl methyl sites for hydroxylation is 1. The molecule has 0 saturated heterocycles. The maximum Gasteiger partial charge on any atom is 0.205 e. The first-order chi connectivity index (χ1) is 12.7. The van der Waals surface area contributed by atoms with Crippen LogP contribution in [0.3, 0.4) is 0 Å². The Hall–Kier alpha value is -3.03. The molecule has 26 heavy (non-hydrogen) atoms. The predicted octanol–water partition coefficient (Wildman–Crippen LogP) is 4.14. The number of nitriles is 1. The number of benzene rings is 2. The normalized spacial score (nSPS) is 12.7. The van der Waals surface area contributed by atoms with Crippen molar-refractivity contribution in [3.05, 3.63) is 77.6 Å². The molecule has 1 atom stereocenters. The number of fused-ring (bicyclic) bond motifs is 1. The molecule has 0 radical (unpaired) electrons. The molecule has 3 rings (SSSR count). The zero-order valence-corrected chi connectivity index (χ0v) is 14.9. The highest BCUT2D eigenvalue weighted by atomic mass is 14.7. The minimum atomic E-state index is 0.160. The Morgan fingerprint density at radius 2 is 1.96 bits per heavy atom. The highest BCUT2D eigenvalue weighted by Crippen LogP contribution is 2.22. The predicted molar refractivity (Wildman–Crippen MR) is 106 cm³/mol. The molecule has 130 valence electrons. The Labute approximate surface area is 154 Å². The highest BCUT2D eigenvalue weighted by Gasteiger charge is 2.14. The number of hydrogen-bond acceptors (Lipinski definition) is 4. The first-order valence-corrected chi connectivity index (χ1v) is 8.73. The summed E-state index contributed by atoms with van der Waals surface area (Å²) in [5, 5.41) is 11.3. The van der Waals surface area contributed by atoms with Crippen molar-refractivity contribution in [3.8, 4) is 6.19 Å². The van der Waals surface area contributed by atoms with Gasteiger partial charge in [-0.1, -0.05) is 48.0 Å². The SMILES string of the molecule is Cc1ccc(C(CN)CC(Cc2ccc3cnccc3c2)=NC#N)cc1. The van der Waals surface area contributed by atoms with E-state index in [9.17, 15) is 0 Å². The van der Waals surface area contributed by atoms with Crippen molar-refractivity contribution in [1.29, 1.82) is 5.26 Å². The van der Waals surface area contributed by atoms with Crippen molar-refractivity contribution in [2.75, 3.05) is 6.54 Å². The number of rotatable bonds is 6. The van der Waals surface area contributed by atoms with Crippen LogP contribution in [0, 0.1) is 18.4 Å². The van der Waals surface area contributed by atoms with Crippen molar-refractivity contribution < 1.29 is 0 Å². The van der Waals surface area contributed by atoms with Gasteiger partial charge >= 0.3 is 0 Å². The van der Waals surface area contributed by atoms with Crippen LogP contribution >= 0.6 is 0 Å². The van der Waals surface area contributed by atoms with E-state index in [4.69, 9.17) is 11.0 Å². The monoisotopic (exact) mass is 342 g/mol. The van der Waals surface area contributed by atoms with Crippen molar-refractivity contribution >= 4 is 16.5 Å². The van der Waals surface area contributed by atoms with Crippen molar-refractivity contribution in [2.45, 2.75) is 25.7 Å². The molecule has 2 N–H and O–H groups in total. The molecule has 0 aliphatic rings. The van der Waals surface area contributed by atoms with Gasteiger partial charge in [-0.2, -0.15) is 10.3 Å². The third-order valence-corrected chi connectivity index (χ3v) is 4.64. The molecule has 0 aliphatic heterocycles. The molecule has 4 heteroatoms. The number of pyridine rings is 1. The lowest BCUT2D eigenvalue weighted by Crippen LogP contribution is -2.18. The summed E-state index contributed by atoms with van der Waals surface area (Å²) in [6, 6.07) is 16.7. The largest absolute Gasteiger partial charge is 0.330 e. The van der Waals surface area contributed by atoms with Crippen LogP contribution in [-0.4, -0.2) is 17.2 Å². The van der Waals surface area contributed by atoms with Gasteiger partial charge in [0, 0.05) is 35.8 Å². The van der Waals surface area contributed by atoms with Crippen LogP contribution in [-0.2, 0) is 6.42 Å². The van der Waals surface area contributed by atoms with E-state index in [0.29, 0.717) is 19.4 Å². The molecule has 1 aromatic heterocycles. The zero-order chi connectivity index (χ0) is 18.4. The summed E-state index contributed by atoms with van der Waals surface area (Å²) < 4.78 is 0. The Balaban J connectivity index is 1.80. The molecule has 0 aliphatic carbocycles. The van der Waals surface area contributed by atoms with Crippen LogP contribution in [0.4, 0.5) is 0 Å². The topological polar surface area (TPSA) is 75.1 Å². The van der Waals surface area contributed by atoms with Crippen LogP contribution in [0.1, 0.15) is 29.0 Å². The fraction of sp³-hybridized carbons (Fsp3) is 0.227. The summed E-state index contributed by atoms with van der Waals surface area (Å²) in [7, 11) is 0. The van der Waals surface area contributed by atoms with Crippen LogP contribution in [0.5, 0.6) is 0 Å². The third kappa shape index (κ3) is 4.33. The summed E-state index contributed by atoms with van der Waals surface area (Å²) in [4.78, 5) is 8.23. The van der Waals surface area contributed by atoms with Gasteiger partial charge in [0.05, 0.1) is 0 Å². The van der Waals surface area contributed by atoms with E-state index in [1.165, 1.54) is 11.1 Å². The summed E-state index contributed by atoms with van der Waals surface area (Å²) in [5.41, 5.74) is 10.4. The lowest BCUT2D eigenvalue weighted by molar-refractivity contribution is 0.723. The smallest absolute Gasteiger partial charge is 0.205 e. The summed E-state index contributed by atoms with van der Waals surface area (Å²) >= 11 is 0. The van der Waals surface area contributed by atoms with E-state index in [1.807, 2.05) is 18.5 Å². The number of aliphatic imine (C=N–C) groups is 1. The molecule has 2 aromatic carbocycles. The highest BCUT2D eigenvalue weighted by molar-refractivity contribution is 5.90. The molecule has 3 aromatic rings. The second-order valence-electron chi connectivity index (χ2n) is 6.56. The van der Waals surface area contributed by atoms with Crippen LogP contribution < -0.4 is 5.73 Å². The average Bonchev–Trinajstić information content (AvgIpc) is 2.67. The van der Waals surface area contributed by atoms with Gasteiger partial charge in [-0.05, 0) is 42.5 Å². The molecule has 0 amide bonds. The summed E-state index contributed by atoms with van der Waals surface area (Å²) in [5.74, 6) is 0.160. The molecular formula is C22H22N4. The van der Waals surface area contributed by atoms with Crippen LogP contribution in [0.25, 0.3) is 10.8 Å². The quantitative estimate of drug-likeness (QED) is 0.540. The molecule has 0 bridgehead atoms. The van der Waals surface area contributed by atoms with Gasteiger partial charge < -0.3 is 5.73 Å². The van der Waals surface area contributed by atoms with Gasteiger partial charge in [0.15, 0.2) is 0 Å². The van der Waals surface area contributed by atoms with Gasteiger partial charge in [-0.3, -0.25) is 4.98 Å². The fourth-order valence-corrected chi connectivity index (χ4v) is 3.17. The molecular weight excluding hydrogens is 320 g/mol. The van der Waals surface area contributed by atoms with Crippen molar-refractivity contribution in [2.24, 2.45) is 10.7 Å². The molecule has 0 fully saturated rings. The summed E-state index contributed by atoms with van der Waals surface area (Å²) in [6.45, 7) is 2.59. The van der Waals surface area contributed by atoms with E-state index < -0.39 is 0 Å². The standard InChI is InChI=1S/C22H22N4/c1-16-2-5-18(6-3-16)21(13-23)12-22(26-15-24)11-17-4-7-20-14-25-9-8-19(20)10-17/h2-10,14,21H,11-13,23H2,1H3. The second-order valence-corrected chi connectivity index (χ2v) is 6.56. The van der Waals surface area contributed by atoms with Gasteiger partial charge in [0.2, 0.25) is 6.19 Å². The molecule has 1 heterocycles. The fourth-order valence-electron chi connectivity index (χ4n) is 3.17. The molecule has 1 unspecified atom stereocenters. The number of hydrogen-bond donors (Lipinski definition) is 1. The van der Waals surface area contributed by atoms with E-state index in [1.54, 1.807) is 6.20 Å². The van der Waals surface area contributed by atoms with E-state index in [0.717, 1.165) is 22.0 Å². The van der Waals surface area contributed by atoms with Gasteiger partial charge in [-0.15, -0.1) is 0 Å². The molecule has 0 saturated carbocycles. The Bertz CT molecular complexity index is 952. The zero-order valence-electron chi connectivity index (χ0n) is 14.9. The number of aromatic nitrogens is 1. The number of nitrogens with zero attached hydrogens (tertiary/aromatic N) is 3. The van der Waals surface area contributed by atoms with Crippen molar-refractivity contribution in [3.63, 3.8) is 0 Å². The Morgan fingerprint density at radius 1 is 1.15 bits per heavy atom. The van der Waals surface area contributed by atoms with Gasteiger partial charge in [0.1, 0.15) is 0 Å². The average molecular weight is 342 g/mol. The summed E-state index contributed by atoms with van der Waals surface area (Å²) in [6.07, 6.45) is 6.92. The maximum atomic E-state index is 9.10.